The second-order valence-corrected chi connectivity index (χ2v) is 9.07. The molecule has 4 rings (SSSR count). The summed E-state index contributed by atoms with van der Waals surface area (Å²) in [6.07, 6.45) is 3.26. The molecule has 1 aliphatic carbocycles. The number of carbonyl (C=O) groups excluding carboxylic acids is 1. The summed E-state index contributed by atoms with van der Waals surface area (Å²) >= 11 is 1.34. The molecule has 1 heterocycles. The SMILES string of the molecule is C[C@@H]1[C@H](C)CCC[C@@H]1n1c(SCC(=O)Nc2ccccc2)nc2ccccc2c1=O. The molecule has 0 unspecified atom stereocenters. The van der Waals surface area contributed by atoms with Gasteiger partial charge in [-0.2, -0.15) is 0 Å². The summed E-state index contributed by atoms with van der Waals surface area (Å²) in [6.45, 7) is 4.49. The fourth-order valence-electron chi connectivity index (χ4n) is 4.29. The first-order chi connectivity index (χ1) is 14.5. The predicted molar refractivity (Wildman–Crippen MR) is 123 cm³/mol. The molecule has 1 aromatic heterocycles. The molecule has 1 saturated carbocycles. The molecule has 1 amide bonds. The fraction of sp³-hybridized carbons (Fsp3) is 0.375. The molecule has 0 saturated heterocycles. The number of para-hydroxylation sites is 2. The maximum Gasteiger partial charge on any atom is 0.262 e. The number of anilines is 1. The van der Waals surface area contributed by atoms with Crippen LogP contribution in [0, 0.1) is 11.8 Å². The van der Waals surface area contributed by atoms with Crippen LogP contribution in [0.15, 0.2) is 64.5 Å². The Labute approximate surface area is 180 Å². The van der Waals surface area contributed by atoms with E-state index in [2.05, 4.69) is 19.2 Å². The number of fused-ring (bicyclic) bond motifs is 1. The molecule has 156 valence electrons. The monoisotopic (exact) mass is 421 g/mol. The maximum atomic E-state index is 13.4. The number of aromatic nitrogens is 2. The van der Waals surface area contributed by atoms with E-state index < -0.39 is 0 Å². The minimum Gasteiger partial charge on any atom is -0.325 e. The summed E-state index contributed by atoms with van der Waals surface area (Å²) < 4.78 is 1.86. The molecule has 0 spiro atoms. The van der Waals surface area contributed by atoms with E-state index in [0.29, 0.717) is 27.9 Å². The van der Waals surface area contributed by atoms with Crippen molar-refractivity contribution in [1.29, 1.82) is 0 Å². The molecular formula is C24H27N3O2S. The van der Waals surface area contributed by atoms with Crippen molar-refractivity contribution in [3.8, 4) is 0 Å². The van der Waals surface area contributed by atoms with Crippen LogP contribution in [0.5, 0.6) is 0 Å². The van der Waals surface area contributed by atoms with Gasteiger partial charge in [0.2, 0.25) is 5.91 Å². The Morgan fingerprint density at radius 2 is 1.83 bits per heavy atom. The van der Waals surface area contributed by atoms with Crippen molar-refractivity contribution in [3.05, 3.63) is 65.0 Å². The average molecular weight is 422 g/mol. The Kier molecular flexibility index (Phi) is 6.23. The highest BCUT2D eigenvalue weighted by atomic mass is 32.2. The Balaban J connectivity index is 1.65. The average Bonchev–Trinajstić information content (AvgIpc) is 2.75. The summed E-state index contributed by atoms with van der Waals surface area (Å²) in [5.41, 5.74) is 1.44. The number of amides is 1. The topological polar surface area (TPSA) is 64.0 Å². The number of thioether (sulfide) groups is 1. The van der Waals surface area contributed by atoms with Crippen LogP contribution in [-0.2, 0) is 4.79 Å². The number of hydrogen-bond acceptors (Lipinski definition) is 4. The summed E-state index contributed by atoms with van der Waals surface area (Å²) in [5, 5.41) is 4.18. The second-order valence-electron chi connectivity index (χ2n) is 8.12. The molecule has 3 atom stereocenters. The zero-order valence-corrected chi connectivity index (χ0v) is 18.2. The van der Waals surface area contributed by atoms with Crippen molar-refractivity contribution in [3.63, 3.8) is 0 Å². The van der Waals surface area contributed by atoms with Crippen LogP contribution in [0.25, 0.3) is 10.9 Å². The summed E-state index contributed by atoms with van der Waals surface area (Å²) in [5.74, 6) is 1.04. The van der Waals surface area contributed by atoms with Crippen LogP contribution < -0.4 is 10.9 Å². The molecule has 0 aliphatic heterocycles. The van der Waals surface area contributed by atoms with Crippen LogP contribution in [0.2, 0.25) is 0 Å². The predicted octanol–water partition coefficient (Wildman–Crippen LogP) is 5.12. The molecule has 30 heavy (non-hydrogen) atoms. The standard InChI is InChI=1S/C24H27N3O2S/c1-16-9-8-14-21(17(16)2)27-23(29)19-12-6-7-13-20(19)26-24(27)30-15-22(28)25-18-10-4-3-5-11-18/h3-7,10-13,16-17,21H,8-9,14-15H2,1-2H3,(H,25,28)/t16-,17-,21+/m1/s1. The highest BCUT2D eigenvalue weighted by Crippen LogP contribution is 2.38. The summed E-state index contributed by atoms with van der Waals surface area (Å²) in [7, 11) is 0. The third-order valence-corrected chi connectivity index (χ3v) is 7.11. The number of benzene rings is 2. The van der Waals surface area contributed by atoms with Gasteiger partial charge in [-0.3, -0.25) is 14.2 Å². The van der Waals surface area contributed by atoms with Crippen LogP contribution >= 0.6 is 11.8 Å². The lowest BCUT2D eigenvalue weighted by atomic mass is 9.78. The number of nitrogens with zero attached hydrogens (tertiary/aromatic N) is 2. The van der Waals surface area contributed by atoms with Gasteiger partial charge in [0.25, 0.3) is 5.56 Å². The normalized spacial score (nSPS) is 21.5. The molecular weight excluding hydrogens is 394 g/mol. The van der Waals surface area contributed by atoms with E-state index in [1.54, 1.807) is 0 Å². The first-order valence-corrected chi connectivity index (χ1v) is 11.5. The zero-order chi connectivity index (χ0) is 21.1. The maximum absolute atomic E-state index is 13.4. The largest absolute Gasteiger partial charge is 0.325 e. The Hall–Kier alpha value is -2.60. The third kappa shape index (κ3) is 4.29. The lowest BCUT2D eigenvalue weighted by Crippen LogP contribution is -2.35. The van der Waals surface area contributed by atoms with Gasteiger partial charge in [0.15, 0.2) is 5.16 Å². The van der Waals surface area contributed by atoms with Crippen LogP contribution in [0.3, 0.4) is 0 Å². The molecule has 6 heteroatoms. The minimum absolute atomic E-state index is 0.00230. The van der Waals surface area contributed by atoms with Crippen molar-refractivity contribution in [2.45, 2.75) is 44.3 Å². The van der Waals surface area contributed by atoms with Gasteiger partial charge in [0.1, 0.15) is 0 Å². The van der Waals surface area contributed by atoms with Crippen molar-refractivity contribution >= 4 is 34.3 Å². The number of nitrogens with one attached hydrogen (secondary N) is 1. The minimum atomic E-state index is -0.106. The lowest BCUT2D eigenvalue weighted by molar-refractivity contribution is -0.113. The van der Waals surface area contributed by atoms with Gasteiger partial charge in [0, 0.05) is 11.7 Å². The smallest absolute Gasteiger partial charge is 0.262 e. The van der Waals surface area contributed by atoms with E-state index in [4.69, 9.17) is 4.98 Å². The molecule has 1 fully saturated rings. The van der Waals surface area contributed by atoms with Crippen molar-refractivity contribution < 1.29 is 4.79 Å². The van der Waals surface area contributed by atoms with E-state index in [9.17, 15) is 9.59 Å². The van der Waals surface area contributed by atoms with Crippen LogP contribution in [0.4, 0.5) is 5.69 Å². The summed E-state index contributed by atoms with van der Waals surface area (Å²) in [6, 6.07) is 17.0. The van der Waals surface area contributed by atoms with Gasteiger partial charge >= 0.3 is 0 Å². The molecule has 5 nitrogen and oxygen atoms in total. The fourth-order valence-corrected chi connectivity index (χ4v) is 5.14. The molecule has 0 radical (unpaired) electrons. The van der Waals surface area contributed by atoms with Gasteiger partial charge in [-0.25, -0.2) is 4.98 Å². The van der Waals surface area contributed by atoms with E-state index in [1.165, 1.54) is 18.2 Å². The number of carbonyl (C=O) groups is 1. The molecule has 0 bridgehead atoms. The van der Waals surface area contributed by atoms with Gasteiger partial charge in [-0.15, -0.1) is 0 Å². The van der Waals surface area contributed by atoms with Crippen LogP contribution in [-0.4, -0.2) is 21.2 Å². The second kappa shape index (κ2) is 9.04. The third-order valence-electron chi connectivity index (χ3n) is 6.16. The lowest BCUT2D eigenvalue weighted by Gasteiger charge is -2.36. The first-order valence-electron chi connectivity index (χ1n) is 10.5. The highest BCUT2D eigenvalue weighted by molar-refractivity contribution is 7.99. The zero-order valence-electron chi connectivity index (χ0n) is 17.4. The quantitative estimate of drug-likeness (QED) is 0.458. The number of hydrogen-bond donors (Lipinski definition) is 1. The Morgan fingerprint density at radius 1 is 1.10 bits per heavy atom. The Morgan fingerprint density at radius 3 is 2.63 bits per heavy atom. The molecule has 1 aliphatic rings. The van der Waals surface area contributed by atoms with E-state index >= 15 is 0 Å². The van der Waals surface area contributed by atoms with Crippen molar-refractivity contribution in [2.75, 3.05) is 11.1 Å². The molecule has 3 aromatic rings. The van der Waals surface area contributed by atoms with Crippen LogP contribution in [0.1, 0.15) is 39.2 Å². The summed E-state index contributed by atoms with van der Waals surface area (Å²) in [4.78, 5) is 30.7. The van der Waals surface area contributed by atoms with E-state index in [1.807, 2.05) is 59.2 Å². The van der Waals surface area contributed by atoms with E-state index in [-0.39, 0.29) is 23.3 Å². The highest BCUT2D eigenvalue weighted by Gasteiger charge is 2.31. The van der Waals surface area contributed by atoms with Crippen molar-refractivity contribution in [1.82, 2.24) is 9.55 Å². The van der Waals surface area contributed by atoms with Crippen molar-refractivity contribution in [2.24, 2.45) is 11.8 Å². The van der Waals surface area contributed by atoms with E-state index in [0.717, 1.165) is 18.5 Å². The first kappa shape index (κ1) is 20.7. The van der Waals surface area contributed by atoms with Gasteiger partial charge in [-0.05, 0) is 42.5 Å². The van der Waals surface area contributed by atoms with Gasteiger partial charge in [0.05, 0.1) is 16.7 Å². The molecule has 2 aromatic carbocycles. The molecule has 1 N–H and O–H groups in total. The van der Waals surface area contributed by atoms with Gasteiger partial charge in [-0.1, -0.05) is 68.8 Å². The van der Waals surface area contributed by atoms with Gasteiger partial charge < -0.3 is 5.32 Å². The Bertz CT molecular complexity index is 1100. The number of rotatable bonds is 5.